The quantitative estimate of drug-likeness (QED) is 0.293. The Morgan fingerprint density at radius 3 is 2.61 bits per heavy atom. The van der Waals surface area contributed by atoms with Gasteiger partial charge in [0.2, 0.25) is 0 Å². The molecule has 0 saturated carbocycles. The summed E-state index contributed by atoms with van der Waals surface area (Å²) in [4.78, 5) is 32.1. The first-order chi connectivity index (χ1) is 17.2. The molecular weight excluding hydrogens is 591 g/mol. The van der Waals surface area contributed by atoms with Gasteiger partial charge in [0.25, 0.3) is 5.56 Å². The van der Waals surface area contributed by atoms with E-state index in [1.54, 1.807) is 32.4 Å². The Balaban J connectivity index is 1.92. The van der Waals surface area contributed by atoms with E-state index in [1.165, 1.54) is 11.3 Å². The number of allylic oxidation sites excluding steroid dienone is 1. The minimum absolute atomic E-state index is 0.223. The Hall–Kier alpha value is -2.92. The zero-order valence-electron chi connectivity index (χ0n) is 20.7. The van der Waals surface area contributed by atoms with Crippen LogP contribution >= 0.6 is 33.9 Å². The van der Waals surface area contributed by atoms with Crippen LogP contribution in [-0.4, -0.2) is 30.4 Å². The van der Waals surface area contributed by atoms with Gasteiger partial charge in [-0.15, -0.1) is 0 Å². The molecular formula is C27H27IN2O5S. The highest BCUT2D eigenvalue weighted by molar-refractivity contribution is 14.1. The zero-order valence-corrected chi connectivity index (χ0v) is 23.7. The first-order valence-electron chi connectivity index (χ1n) is 11.5. The Labute approximate surface area is 226 Å². The number of hydrogen-bond donors (Lipinski definition) is 0. The van der Waals surface area contributed by atoms with Gasteiger partial charge >= 0.3 is 5.97 Å². The molecule has 2 heterocycles. The van der Waals surface area contributed by atoms with Crippen molar-refractivity contribution >= 4 is 46.0 Å². The number of rotatable bonds is 7. The highest BCUT2D eigenvalue weighted by Crippen LogP contribution is 2.34. The Morgan fingerprint density at radius 2 is 1.97 bits per heavy atom. The Bertz CT molecular complexity index is 1510. The first-order valence-corrected chi connectivity index (χ1v) is 13.4. The van der Waals surface area contributed by atoms with Crippen molar-refractivity contribution in [2.45, 2.75) is 39.8 Å². The van der Waals surface area contributed by atoms with E-state index < -0.39 is 12.0 Å². The van der Waals surface area contributed by atoms with Crippen molar-refractivity contribution < 1.29 is 19.0 Å². The molecule has 3 aromatic rings. The van der Waals surface area contributed by atoms with Crippen LogP contribution in [0, 0.1) is 3.57 Å². The topological polar surface area (TPSA) is 79.1 Å². The van der Waals surface area contributed by atoms with Crippen LogP contribution in [-0.2, 0) is 9.53 Å². The summed E-state index contributed by atoms with van der Waals surface area (Å²) >= 11 is 3.48. The van der Waals surface area contributed by atoms with Crippen LogP contribution < -0.4 is 24.4 Å². The van der Waals surface area contributed by atoms with Crippen molar-refractivity contribution in [1.82, 2.24) is 4.57 Å². The molecule has 0 N–H and O–H groups in total. The fourth-order valence-corrected chi connectivity index (χ4v) is 5.99. The number of nitrogens with zero attached hydrogens (tertiary/aromatic N) is 2. The van der Waals surface area contributed by atoms with Crippen LogP contribution in [0.15, 0.2) is 63.5 Å². The number of carbonyl (C=O) groups is 1. The smallest absolute Gasteiger partial charge is 0.338 e. The minimum atomic E-state index is -0.633. The number of methoxy groups -OCH3 is 1. The van der Waals surface area contributed by atoms with Crippen molar-refractivity contribution in [2.75, 3.05) is 13.7 Å². The molecule has 2 aromatic carbocycles. The van der Waals surface area contributed by atoms with Crippen LogP contribution in [0.1, 0.15) is 44.9 Å². The number of aromatic nitrogens is 1. The third-order valence-electron chi connectivity index (χ3n) is 5.53. The van der Waals surface area contributed by atoms with E-state index in [9.17, 15) is 9.59 Å². The number of esters is 1. The summed E-state index contributed by atoms with van der Waals surface area (Å²) in [5.41, 5.74) is 2.30. The summed E-state index contributed by atoms with van der Waals surface area (Å²) in [6.07, 6.45) is 1.53. The molecule has 7 nitrogen and oxygen atoms in total. The molecule has 4 rings (SSSR count). The fraction of sp³-hybridized carbons (Fsp3) is 0.296. The average Bonchev–Trinajstić information content (AvgIpc) is 3.12. The number of carbonyl (C=O) groups excluding carboxylic acids is 1. The Morgan fingerprint density at radius 1 is 1.25 bits per heavy atom. The molecule has 36 heavy (non-hydrogen) atoms. The van der Waals surface area contributed by atoms with E-state index >= 15 is 0 Å². The van der Waals surface area contributed by atoms with Crippen molar-refractivity contribution in [3.8, 4) is 11.5 Å². The largest absolute Gasteiger partial charge is 0.492 e. The highest BCUT2D eigenvalue weighted by Gasteiger charge is 2.33. The van der Waals surface area contributed by atoms with E-state index in [0.717, 1.165) is 14.7 Å². The molecule has 1 atom stereocenters. The second-order valence-corrected chi connectivity index (χ2v) is 10.6. The van der Waals surface area contributed by atoms with Gasteiger partial charge in [-0.05, 0) is 79.6 Å². The third-order valence-corrected chi connectivity index (χ3v) is 7.32. The van der Waals surface area contributed by atoms with Gasteiger partial charge in [-0.25, -0.2) is 9.79 Å². The van der Waals surface area contributed by atoms with E-state index in [1.807, 2.05) is 55.5 Å². The number of ether oxygens (including phenoxy) is 3. The predicted molar refractivity (Wildman–Crippen MR) is 148 cm³/mol. The molecule has 1 aliphatic rings. The molecule has 0 aliphatic carbocycles. The molecule has 0 amide bonds. The van der Waals surface area contributed by atoms with Gasteiger partial charge in [-0.1, -0.05) is 41.7 Å². The number of fused-ring (bicyclic) bond motifs is 1. The van der Waals surface area contributed by atoms with E-state index in [4.69, 9.17) is 14.2 Å². The number of halogens is 1. The molecule has 0 fully saturated rings. The van der Waals surface area contributed by atoms with E-state index in [0.29, 0.717) is 38.7 Å². The average molecular weight is 618 g/mol. The second-order valence-electron chi connectivity index (χ2n) is 8.41. The summed E-state index contributed by atoms with van der Waals surface area (Å²) < 4.78 is 19.7. The van der Waals surface area contributed by atoms with Crippen LogP contribution in [0.3, 0.4) is 0 Å². The van der Waals surface area contributed by atoms with Gasteiger partial charge in [-0.3, -0.25) is 9.36 Å². The van der Waals surface area contributed by atoms with Gasteiger partial charge in [0, 0.05) is 0 Å². The van der Waals surface area contributed by atoms with Crippen molar-refractivity contribution in [1.29, 1.82) is 0 Å². The monoisotopic (exact) mass is 618 g/mol. The first kappa shape index (κ1) is 26.2. The molecule has 0 spiro atoms. The van der Waals surface area contributed by atoms with Crippen LogP contribution in [0.5, 0.6) is 11.5 Å². The van der Waals surface area contributed by atoms with Crippen LogP contribution in [0.2, 0.25) is 0 Å². The highest BCUT2D eigenvalue weighted by atomic mass is 127. The molecule has 9 heteroatoms. The summed E-state index contributed by atoms with van der Waals surface area (Å²) in [6.45, 7) is 7.78. The minimum Gasteiger partial charge on any atom is -0.492 e. The normalized spacial score (nSPS) is 15.5. The SMILES string of the molecule is CCOc1cc(C=c2sc3n(c2=O)C(c2ccccc2)C(C(=O)OC(C)C)=C(C)N=3)cc(I)c1OC. The molecule has 1 unspecified atom stereocenters. The molecule has 0 saturated heterocycles. The van der Waals surface area contributed by atoms with Gasteiger partial charge < -0.3 is 14.2 Å². The van der Waals surface area contributed by atoms with Gasteiger partial charge in [0.05, 0.1) is 45.2 Å². The Kier molecular flexibility index (Phi) is 7.99. The standard InChI is InChI=1S/C27H27IN2O5S/c1-6-34-20-13-17(12-19(28)24(20)33-5)14-21-25(31)30-23(18-10-8-7-9-11-18)22(26(32)35-15(2)3)16(4)29-27(30)36-21/h7-15,23H,6H2,1-5H3. The predicted octanol–water partition coefficient (Wildman–Crippen LogP) is 4.20. The lowest BCUT2D eigenvalue weighted by Crippen LogP contribution is -2.40. The number of hydrogen-bond acceptors (Lipinski definition) is 7. The maximum atomic E-state index is 13.8. The van der Waals surface area contributed by atoms with Crippen molar-refractivity contribution in [2.24, 2.45) is 4.99 Å². The van der Waals surface area contributed by atoms with Crippen molar-refractivity contribution in [3.63, 3.8) is 0 Å². The number of thiazole rings is 1. The van der Waals surface area contributed by atoms with Gasteiger partial charge in [0.1, 0.15) is 0 Å². The van der Waals surface area contributed by atoms with Gasteiger partial charge in [-0.2, -0.15) is 0 Å². The summed E-state index contributed by atoms with van der Waals surface area (Å²) in [6, 6.07) is 12.6. The number of benzene rings is 2. The lowest BCUT2D eigenvalue weighted by Gasteiger charge is -2.25. The summed E-state index contributed by atoms with van der Waals surface area (Å²) in [5, 5.41) is 0. The van der Waals surface area contributed by atoms with Crippen LogP contribution in [0.4, 0.5) is 0 Å². The molecule has 188 valence electrons. The lowest BCUT2D eigenvalue weighted by atomic mass is 9.96. The summed E-state index contributed by atoms with van der Waals surface area (Å²) in [5.74, 6) is 0.798. The van der Waals surface area contributed by atoms with Crippen molar-refractivity contribution in [3.05, 3.63) is 88.1 Å². The molecule has 0 radical (unpaired) electrons. The van der Waals surface area contributed by atoms with Gasteiger partial charge in [0.15, 0.2) is 16.3 Å². The van der Waals surface area contributed by atoms with E-state index in [-0.39, 0.29) is 11.7 Å². The third kappa shape index (κ3) is 5.12. The maximum Gasteiger partial charge on any atom is 0.338 e. The molecule has 1 aromatic heterocycles. The fourth-order valence-electron chi connectivity index (χ4n) is 4.09. The zero-order chi connectivity index (χ0) is 26.0. The maximum absolute atomic E-state index is 13.8. The van der Waals surface area contributed by atoms with Crippen LogP contribution in [0.25, 0.3) is 6.08 Å². The molecule has 0 bridgehead atoms. The molecule has 1 aliphatic heterocycles. The lowest BCUT2D eigenvalue weighted by molar-refractivity contribution is -0.143. The summed E-state index contributed by atoms with van der Waals surface area (Å²) in [7, 11) is 1.60. The van der Waals surface area contributed by atoms with E-state index in [2.05, 4.69) is 27.6 Å². The second kappa shape index (κ2) is 11.0.